The summed E-state index contributed by atoms with van der Waals surface area (Å²) >= 11 is 5.24. The molecule has 0 aromatic heterocycles. The Morgan fingerprint density at radius 2 is 1.50 bits per heavy atom. The molecule has 0 aliphatic heterocycles. The molecule has 30 heavy (non-hydrogen) atoms. The van der Waals surface area contributed by atoms with E-state index in [1.165, 1.54) is 0 Å². The maximum absolute atomic E-state index is 12.3. The summed E-state index contributed by atoms with van der Waals surface area (Å²) < 4.78 is 11.3. The minimum absolute atomic E-state index is 0.226. The molecule has 0 bridgehead atoms. The molecule has 6 heteroatoms. The van der Waals surface area contributed by atoms with Crippen LogP contribution in [0.2, 0.25) is 0 Å². The Kier molecular flexibility index (Phi) is 7.80. The average Bonchev–Trinajstić information content (AvgIpc) is 2.78. The van der Waals surface area contributed by atoms with Crippen molar-refractivity contribution in [1.29, 1.82) is 0 Å². The van der Waals surface area contributed by atoms with Crippen LogP contribution in [0.5, 0.6) is 11.5 Å². The van der Waals surface area contributed by atoms with E-state index >= 15 is 0 Å². The number of rotatable bonds is 8. The second-order valence-electron chi connectivity index (χ2n) is 6.58. The standard InChI is InChI=1S/C24H24N2O3S/c1-2-16-28-21-12-8-19(9-13-21)23(27)26-24(30)25-20-10-14-22(15-11-20)29-17-18-6-4-3-5-7-18/h3-15H,2,16-17H2,1H3,(H2,25,26,27,30). The number of nitrogens with one attached hydrogen (secondary N) is 2. The number of hydrogen-bond donors (Lipinski definition) is 2. The first-order valence-electron chi connectivity index (χ1n) is 9.76. The molecule has 1 amide bonds. The molecule has 0 atom stereocenters. The summed E-state index contributed by atoms with van der Waals surface area (Å²) in [6, 6.07) is 24.3. The number of hydrogen-bond acceptors (Lipinski definition) is 4. The van der Waals surface area contributed by atoms with Gasteiger partial charge in [-0.3, -0.25) is 10.1 Å². The van der Waals surface area contributed by atoms with Gasteiger partial charge in [0.15, 0.2) is 5.11 Å². The van der Waals surface area contributed by atoms with Gasteiger partial charge < -0.3 is 14.8 Å². The molecule has 5 nitrogen and oxygen atoms in total. The molecule has 2 N–H and O–H groups in total. The summed E-state index contributed by atoms with van der Waals surface area (Å²) in [7, 11) is 0. The van der Waals surface area contributed by atoms with Gasteiger partial charge in [0.25, 0.3) is 5.91 Å². The van der Waals surface area contributed by atoms with Gasteiger partial charge in [0.1, 0.15) is 18.1 Å². The van der Waals surface area contributed by atoms with Crippen molar-refractivity contribution in [2.75, 3.05) is 11.9 Å². The van der Waals surface area contributed by atoms with E-state index in [1.807, 2.05) is 61.5 Å². The molecule has 0 radical (unpaired) electrons. The molecular formula is C24H24N2O3S. The minimum Gasteiger partial charge on any atom is -0.494 e. The fourth-order valence-corrected chi connectivity index (χ4v) is 2.85. The Morgan fingerprint density at radius 3 is 2.17 bits per heavy atom. The molecule has 0 heterocycles. The Morgan fingerprint density at radius 1 is 0.867 bits per heavy atom. The van der Waals surface area contributed by atoms with Crippen LogP contribution in [-0.4, -0.2) is 17.6 Å². The predicted molar refractivity (Wildman–Crippen MR) is 123 cm³/mol. The van der Waals surface area contributed by atoms with Crippen molar-refractivity contribution in [3.8, 4) is 11.5 Å². The van der Waals surface area contributed by atoms with Crippen molar-refractivity contribution in [2.24, 2.45) is 0 Å². The highest BCUT2D eigenvalue weighted by atomic mass is 32.1. The Balaban J connectivity index is 1.47. The van der Waals surface area contributed by atoms with Crippen LogP contribution in [0.25, 0.3) is 0 Å². The summed E-state index contributed by atoms with van der Waals surface area (Å²) in [5.41, 5.74) is 2.37. The topological polar surface area (TPSA) is 59.6 Å². The third-order valence-corrected chi connectivity index (χ3v) is 4.38. The zero-order chi connectivity index (χ0) is 21.2. The molecule has 3 aromatic rings. The van der Waals surface area contributed by atoms with Gasteiger partial charge in [-0.25, -0.2) is 0 Å². The maximum Gasteiger partial charge on any atom is 0.257 e. The van der Waals surface area contributed by atoms with E-state index in [4.69, 9.17) is 21.7 Å². The van der Waals surface area contributed by atoms with E-state index in [9.17, 15) is 4.79 Å². The number of amides is 1. The first kappa shape index (κ1) is 21.3. The van der Waals surface area contributed by atoms with Gasteiger partial charge in [0.2, 0.25) is 0 Å². The van der Waals surface area contributed by atoms with E-state index in [0.717, 1.165) is 29.2 Å². The molecule has 154 valence electrons. The molecule has 3 aromatic carbocycles. The third kappa shape index (κ3) is 6.60. The monoisotopic (exact) mass is 420 g/mol. The van der Waals surface area contributed by atoms with Crippen LogP contribution in [0.1, 0.15) is 29.3 Å². The summed E-state index contributed by atoms with van der Waals surface area (Å²) in [6.45, 7) is 3.20. The number of benzene rings is 3. The SMILES string of the molecule is CCCOc1ccc(C(=O)NC(=S)Nc2ccc(OCc3ccccc3)cc2)cc1. The van der Waals surface area contributed by atoms with E-state index < -0.39 is 0 Å². The van der Waals surface area contributed by atoms with Crippen molar-refractivity contribution in [2.45, 2.75) is 20.0 Å². The van der Waals surface area contributed by atoms with Gasteiger partial charge in [0.05, 0.1) is 6.61 Å². The molecule has 0 fully saturated rings. The fourth-order valence-electron chi connectivity index (χ4n) is 2.64. The Bertz CT molecular complexity index is 958. The zero-order valence-electron chi connectivity index (χ0n) is 16.8. The smallest absolute Gasteiger partial charge is 0.257 e. The normalized spacial score (nSPS) is 10.2. The van der Waals surface area contributed by atoms with Gasteiger partial charge in [-0.1, -0.05) is 37.3 Å². The number of carbonyl (C=O) groups is 1. The second-order valence-corrected chi connectivity index (χ2v) is 6.99. The minimum atomic E-state index is -0.280. The van der Waals surface area contributed by atoms with Crippen LogP contribution in [-0.2, 0) is 6.61 Å². The van der Waals surface area contributed by atoms with Crippen molar-refractivity contribution < 1.29 is 14.3 Å². The number of carbonyl (C=O) groups excluding carboxylic acids is 1. The molecule has 0 aliphatic carbocycles. The summed E-state index contributed by atoms with van der Waals surface area (Å²) in [5.74, 6) is 1.21. The van der Waals surface area contributed by atoms with Crippen LogP contribution in [0, 0.1) is 0 Å². The van der Waals surface area contributed by atoms with E-state index in [2.05, 4.69) is 10.6 Å². The predicted octanol–water partition coefficient (Wildman–Crippen LogP) is 5.18. The lowest BCUT2D eigenvalue weighted by Gasteiger charge is -2.11. The largest absolute Gasteiger partial charge is 0.494 e. The lowest BCUT2D eigenvalue weighted by molar-refractivity contribution is 0.0977. The molecular weight excluding hydrogens is 396 g/mol. The van der Waals surface area contributed by atoms with Crippen molar-refractivity contribution in [1.82, 2.24) is 5.32 Å². The molecule has 0 spiro atoms. The van der Waals surface area contributed by atoms with E-state index in [-0.39, 0.29) is 11.0 Å². The van der Waals surface area contributed by atoms with Crippen molar-refractivity contribution in [3.63, 3.8) is 0 Å². The van der Waals surface area contributed by atoms with Gasteiger partial charge in [-0.15, -0.1) is 0 Å². The van der Waals surface area contributed by atoms with E-state index in [0.29, 0.717) is 18.8 Å². The van der Waals surface area contributed by atoms with Crippen LogP contribution in [0.4, 0.5) is 5.69 Å². The van der Waals surface area contributed by atoms with Gasteiger partial charge >= 0.3 is 0 Å². The summed E-state index contributed by atoms with van der Waals surface area (Å²) in [5, 5.41) is 5.91. The molecule has 0 saturated carbocycles. The van der Waals surface area contributed by atoms with Crippen molar-refractivity contribution in [3.05, 3.63) is 90.0 Å². The van der Waals surface area contributed by atoms with Crippen LogP contribution in [0.3, 0.4) is 0 Å². The van der Waals surface area contributed by atoms with Gasteiger partial charge in [0, 0.05) is 11.3 Å². The van der Waals surface area contributed by atoms with Crippen LogP contribution in [0.15, 0.2) is 78.9 Å². The Labute approximate surface area is 182 Å². The quantitative estimate of drug-likeness (QED) is 0.492. The number of anilines is 1. The maximum atomic E-state index is 12.3. The second kappa shape index (κ2) is 11.0. The fraction of sp³-hybridized carbons (Fsp3) is 0.167. The van der Waals surface area contributed by atoms with Crippen molar-refractivity contribution >= 4 is 28.9 Å². The lowest BCUT2D eigenvalue weighted by atomic mass is 10.2. The zero-order valence-corrected chi connectivity index (χ0v) is 17.6. The summed E-state index contributed by atoms with van der Waals surface area (Å²) in [4.78, 5) is 12.3. The van der Waals surface area contributed by atoms with Gasteiger partial charge in [-0.05, 0) is 72.7 Å². The summed E-state index contributed by atoms with van der Waals surface area (Å²) in [6.07, 6.45) is 0.933. The molecule has 0 saturated heterocycles. The molecule has 0 unspecified atom stereocenters. The molecule has 3 rings (SSSR count). The third-order valence-electron chi connectivity index (χ3n) is 4.18. The van der Waals surface area contributed by atoms with Gasteiger partial charge in [-0.2, -0.15) is 0 Å². The highest BCUT2D eigenvalue weighted by Gasteiger charge is 2.08. The lowest BCUT2D eigenvalue weighted by Crippen LogP contribution is -2.34. The van der Waals surface area contributed by atoms with Crippen LogP contribution >= 0.6 is 12.2 Å². The average molecular weight is 421 g/mol. The van der Waals surface area contributed by atoms with Crippen LogP contribution < -0.4 is 20.1 Å². The molecule has 0 aliphatic rings. The first-order chi connectivity index (χ1) is 14.6. The Hall–Kier alpha value is -3.38. The number of ether oxygens (including phenoxy) is 2. The highest BCUT2D eigenvalue weighted by Crippen LogP contribution is 2.17. The number of thiocarbonyl (C=S) groups is 1. The van der Waals surface area contributed by atoms with E-state index in [1.54, 1.807) is 24.3 Å². The first-order valence-corrected chi connectivity index (χ1v) is 10.2. The highest BCUT2D eigenvalue weighted by molar-refractivity contribution is 7.80.